The molecule has 2 aliphatic rings. The van der Waals surface area contributed by atoms with Crippen molar-refractivity contribution in [3.8, 4) is 5.69 Å². The van der Waals surface area contributed by atoms with Crippen molar-refractivity contribution >= 4 is 0 Å². The summed E-state index contributed by atoms with van der Waals surface area (Å²) in [7, 11) is 1.96. The fraction of sp³-hybridized carbons (Fsp3) is 0.480. The largest absolute Gasteiger partial charge is 0.294 e. The van der Waals surface area contributed by atoms with E-state index >= 15 is 0 Å². The normalized spacial score (nSPS) is 17.6. The molecular weight excluding hydrogens is 386 g/mol. The van der Waals surface area contributed by atoms with Crippen LogP contribution >= 0.6 is 0 Å². The van der Waals surface area contributed by atoms with Gasteiger partial charge in [0.15, 0.2) is 0 Å². The minimum absolute atomic E-state index is 0.0703. The number of benzene rings is 1. The Balaban J connectivity index is 1.35. The maximum absolute atomic E-state index is 13.2. The van der Waals surface area contributed by atoms with Crippen molar-refractivity contribution in [1.82, 2.24) is 24.2 Å². The predicted molar refractivity (Wildman–Crippen MR) is 121 cm³/mol. The summed E-state index contributed by atoms with van der Waals surface area (Å²) in [4.78, 5) is 25.3. The topological polar surface area (TPSA) is 56.0 Å². The summed E-state index contributed by atoms with van der Waals surface area (Å²) in [5.74, 6) is 1.59. The highest BCUT2D eigenvalue weighted by Crippen LogP contribution is 2.31. The Labute approximate surface area is 183 Å². The molecular formula is C25H31N5O. The molecule has 1 saturated carbocycles. The van der Waals surface area contributed by atoms with Crippen molar-refractivity contribution < 1.29 is 0 Å². The lowest BCUT2D eigenvalue weighted by molar-refractivity contribution is 0.241. The van der Waals surface area contributed by atoms with Crippen LogP contribution in [0.2, 0.25) is 0 Å². The Morgan fingerprint density at radius 2 is 1.87 bits per heavy atom. The van der Waals surface area contributed by atoms with Gasteiger partial charge in [-0.05, 0) is 31.9 Å². The number of para-hydroxylation sites is 1. The quantitative estimate of drug-likeness (QED) is 0.646. The number of hydrogen-bond donors (Lipinski definition) is 0. The molecule has 1 fully saturated rings. The molecule has 162 valence electrons. The van der Waals surface area contributed by atoms with Gasteiger partial charge in [0, 0.05) is 62.2 Å². The van der Waals surface area contributed by atoms with Gasteiger partial charge in [-0.25, -0.2) is 14.6 Å². The number of fused-ring (bicyclic) bond motifs is 1. The summed E-state index contributed by atoms with van der Waals surface area (Å²) in [6.45, 7) is 4.42. The molecule has 0 bridgehead atoms. The maximum Gasteiger partial charge on any atom is 0.276 e. The summed E-state index contributed by atoms with van der Waals surface area (Å²) < 4.78 is 3.73. The lowest BCUT2D eigenvalue weighted by Gasteiger charge is -2.28. The number of nitrogens with zero attached hydrogens (tertiary/aromatic N) is 5. The Hall–Kier alpha value is -2.73. The average Bonchev–Trinajstić information content (AvgIpc) is 3.03. The van der Waals surface area contributed by atoms with Crippen LogP contribution in [0.4, 0.5) is 0 Å². The standard InChI is InChI=1S/C25H31N5O/c1-18-22(25(31)30(28(18)2)21-11-7-4-8-12-21)17-29-14-13-23-20(16-29)15-26-24(27-23)19-9-5-3-6-10-19/h4,7-8,11-12,15,19H,3,5-6,9-10,13-14,16-17H2,1-2H3. The van der Waals surface area contributed by atoms with Gasteiger partial charge in [-0.1, -0.05) is 37.5 Å². The average molecular weight is 418 g/mol. The summed E-state index contributed by atoms with van der Waals surface area (Å²) in [6.07, 6.45) is 9.37. The van der Waals surface area contributed by atoms with E-state index in [1.807, 2.05) is 55.2 Å². The lowest BCUT2D eigenvalue weighted by Crippen LogP contribution is -2.33. The van der Waals surface area contributed by atoms with Crippen LogP contribution in [0, 0.1) is 6.92 Å². The smallest absolute Gasteiger partial charge is 0.276 e. The van der Waals surface area contributed by atoms with E-state index in [0.29, 0.717) is 12.5 Å². The van der Waals surface area contributed by atoms with E-state index in [9.17, 15) is 4.79 Å². The molecule has 0 N–H and O–H groups in total. The highest BCUT2D eigenvalue weighted by molar-refractivity contribution is 5.33. The van der Waals surface area contributed by atoms with Crippen LogP contribution in [0.1, 0.15) is 66.4 Å². The first-order chi connectivity index (χ1) is 15.1. The van der Waals surface area contributed by atoms with Crippen molar-refractivity contribution in [3.63, 3.8) is 0 Å². The van der Waals surface area contributed by atoms with Gasteiger partial charge in [0.05, 0.1) is 11.3 Å². The molecule has 1 aliphatic heterocycles. The van der Waals surface area contributed by atoms with Crippen LogP contribution in [0.15, 0.2) is 41.3 Å². The summed E-state index contributed by atoms with van der Waals surface area (Å²) >= 11 is 0. The first kappa shape index (κ1) is 20.2. The maximum atomic E-state index is 13.2. The zero-order valence-electron chi connectivity index (χ0n) is 18.5. The minimum Gasteiger partial charge on any atom is -0.294 e. The van der Waals surface area contributed by atoms with Gasteiger partial charge in [-0.15, -0.1) is 0 Å². The molecule has 1 aliphatic carbocycles. The molecule has 1 aromatic carbocycles. The first-order valence-corrected chi connectivity index (χ1v) is 11.5. The molecule has 2 aromatic heterocycles. The van der Waals surface area contributed by atoms with Crippen LogP contribution in [0.25, 0.3) is 5.69 Å². The van der Waals surface area contributed by atoms with Crippen molar-refractivity contribution in [1.29, 1.82) is 0 Å². The SMILES string of the molecule is Cc1c(CN2CCc3nc(C4CCCCC4)ncc3C2)c(=O)n(-c2ccccc2)n1C. The van der Waals surface area contributed by atoms with Crippen LogP contribution < -0.4 is 5.56 Å². The lowest BCUT2D eigenvalue weighted by atomic mass is 9.88. The molecule has 0 unspecified atom stereocenters. The first-order valence-electron chi connectivity index (χ1n) is 11.5. The van der Waals surface area contributed by atoms with Crippen molar-refractivity contribution in [2.24, 2.45) is 7.05 Å². The minimum atomic E-state index is 0.0703. The van der Waals surface area contributed by atoms with Crippen LogP contribution in [-0.4, -0.2) is 30.8 Å². The van der Waals surface area contributed by atoms with Gasteiger partial charge in [0.1, 0.15) is 5.82 Å². The molecule has 5 rings (SSSR count). The van der Waals surface area contributed by atoms with E-state index in [4.69, 9.17) is 9.97 Å². The van der Waals surface area contributed by atoms with Crippen LogP contribution in [0.5, 0.6) is 0 Å². The third-order valence-electron chi connectivity index (χ3n) is 7.06. The van der Waals surface area contributed by atoms with Gasteiger partial charge in [0.2, 0.25) is 0 Å². The monoisotopic (exact) mass is 417 g/mol. The second kappa shape index (κ2) is 8.42. The van der Waals surface area contributed by atoms with E-state index < -0.39 is 0 Å². The molecule has 3 heterocycles. The Morgan fingerprint density at radius 1 is 1.10 bits per heavy atom. The predicted octanol–water partition coefficient (Wildman–Crippen LogP) is 3.88. The number of hydrogen-bond acceptors (Lipinski definition) is 4. The Kier molecular flexibility index (Phi) is 5.48. The molecule has 31 heavy (non-hydrogen) atoms. The van der Waals surface area contributed by atoms with Crippen LogP contribution in [0.3, 0.4) is 0 Å². The van der Waals surface area contributed by atoms with E-state index in [1.54, 1.807) is 4.68 Å². The zero-order valence-corrected chi connectivity index (χ0v) is 18.5. The van der Waals surface area contributed by atoms with Gasteiger partial charge in [0.25, 0.3) is 5.56 Å². The summed E-state index contributed by atoms with van der Waals surface area (Å²) in [6, 6.07) is 9.85. The molecule has 0 atom stereocenters. The van der Waals surface area contributed by atoms with Crippen molar-refractivity contribution in [3.05, 3.63) is 75.2 Å². The molecule has 0 amide bonds. The Morgan fingerprint density at radius 3 is 2.65 bits per heavy atom. The summed E-state index contributed by atoms with van der Waals surface area (Å²) in [5, 5.41) is 0. The Bertz CT molecular complexity index is 1120. The molecule has 3 aromatic rings. The van der Waals surface area contributed by atoms with Gasteiger partial charge >= 0.3 is 0 Å². The van der Waals surface area contributed by atoms with Crippen molar-refractivity contribution in [2.45, 2.75) is 64.5 Å². The van der Waals surface area contributed by atoms with E-state index in [1.165, 1.54) is 43.4 Å². The fourth-order valence-electron chi connectivity index (χ4n) is 5.11. The second-order valence-electron chi connectivity index (χ2n) is 9.04. The van der Waals surface area contributed by atoms with E-state index in [0.717, 1.165) is 42.3 Å². The van der Waals surface area contributed by atoms with Gasteiger partial charge in [-0.2, -0.15) is 0 Å². The van der Waals surface area contributed by atoms with Gasteiger partial charge < -0.3 is 0 Å². The van der Waals surface area contributed by atoms with E-state index in [2.05, 4.69) is 4.90 Å². The number of aromatic nitrogens is 4. The van der Waals surface area contributed by atoms with Gasteiger partial charge in [-0.3, -0.25) is 14.4 Å². The highest BCUT2D eigenvalue weighted by Gasteiger charge is 2.25. The molecule has 0 radical (unpaired) electrons. The molecule has 6 nitrogen and oxygen atoms in total. The third kappa shape index (κ3) is 3.85. The molecule has 0 spiro atoms. The number of rotatable bonds is 4. The van der Waals surface area contributed by atoms with Crippen LogP contribution in [-0.2, 0) is 26.6 Å². The second-order valence-corrected chi connectivity index (χ2v) is 9.04. The molecule has 6 heteroatoms. The zero-order chi connectivity index (χ0) is 21.4. The third-order valence-corrected chi connectivity index (χ3v) is 7.06. The molecule has 0 saturated heterocycles. The summed E-state index contributed by atoms with van der Waals surface area (Å²) in [5.41, 5.74) is 5.28. The highest BCUT2D eigenvalue weighted by atomic mass is 16.1. The fourth-order valence-corrected chi connectivity index (χ4v) is 5.11. The van der Waals surface area contributed by atoms with E-state index in [-0.39, 0.29) is 5.56 Å². The van der Waals surface area contributed by atoms with Crippen molar-refractivity contribution in [2.75, 3.05) is 6.54 Å².